The van der Waals surface area contributed by atoms with Gasteiger partial charge in [-0.2, -0.15) is 0 Å². The van der Waals surface area contributed by atoms with Crippen molar-refractivity contribution in [2.75, 3.05) is 19.7 Å². The lowest BCUT2D eigenvalue weighted by molar-refractivity contribution is -0.149. The van der Waals surface area contributed by atoms with Crippen LogP contribution < -0.4 is 53.6 Å². The summed E-state index contributed by atoms with van der Waals surface area (Å²) in [5, 5.41) is 62.8. The Hall–Kier alpha value is -9.08. The molecule has 28 heteroatoms. The number of amides is 9. The van der Waals surface area contributed by atoms with Crippen LogP contribution in [-0.4, -0.2) is 174 Å². The zero-order valence-electron chi connectivity index (χ0n) is 48.0. The number of benzene rings is 2. The topological polar surface area (TPSA) is 437 Å². The van der Waals surface area contributed by atoms with Gasteiger partial charge in [-0.1, -0.05) is 58.0 Å². The predicted octanol–water partition coefficient (Wildman–Crippen LogP) is -1.28. The number of aliphatic hydroxyl groups excluding tert-OH is 1. The van der Waals surface area contributed by atoms with Crippen LogP contribution in [0, 0.1) is 17.2 Å². The first-order valence-electron chi connectivity index (χ1n) is 28.4. The van der Waals surface area contributed by atoms with E-state index in [0.717, 1.165) is 0 Å². The number of carboxylic acids is 1. The maximum absolute atomic E-state index is 14.6. The van der Waals surface area contributed by atoms with Crippen LogP contribution in [0.4, 0.5) is 0 Å². The Morgan fingerprint density at radius 1 is 0.718 bits per heavy atom. The van der Waals surface area contributed by atoms with Crippen LogP contribution in [0.5, 0.6) is 5.75 Å². The van der Waals surface area contributed by atoms with Gasteiger partial charge in [0, 0.05) is 62.1 Å². The largest absolute Gasteiger partial charge is 0.508 e. The maximum atomic E-state index is 14.6. The van der Waals surface area contributed by atoms with Gasteiger partial charge in [-0.15, -0.1) is 0 Å². The number of hydrogen-bond acceptors (Lipinski definition) is 14. The molecule has 2 saturated heterocycles. The number of carbonyl (C=O) groups excluding carboxylic acids is 9. The number of H-pyrrole nitrogens is 2. The molecule has 9 atom stereocenters. The van der Waals surface area contributed by atoms with Crippen LogP contribution in [0.15, 0.2) is 67.3 Å². The number of phenols is 1. The molecular weight excluding hydrogens is 1100 g/mol. The number of rotatable bonds is 31. The third-order valence-electron chi connectivity index (χ3n) is 14.6. The van der Waals surface area contributed by atoms with E-state index in [0.29, 0.717) is 34.1 Å². The first kappa shape index (κ1) is 65.1. The number of fused-ring (bicyclic) bond motifs is 1. The van der Waals surface area contributed by atoms with Crippen LogP contribution >= 0.6 is 0 Å². The summed E-state index contributed by atoms with van der Waals surface area (Å²) in [7, 11) is 0. The number of guanidine groups is 1. The summed E-state index contributed by atoms with van der Waals surface area (Å²) in [6, 6.07) is 0.946. The average molecular weight is 1180 g/mol. The zero-order chi connectivity index (χ0) is 61.9. The molecule has 4 aromatic rings. The first-order valence-corrected chi connectivity index (χ1v) is 28.4. The number of aromatic hydroxyl groups is 1. The zero-order valence-corrected chi connectivity index (χ0v) is 48.0. The van der Waals surface area contributed by atoms with Gasteiger partial charge >= 0.3 is 5.97 Å². The highest BCUT2D eigenvalue weighted by atomic mass is 16.4. The van der Waals surface area contributed by atoms with Crippen LogP contribution in [-0.2, 0) is 67.2 Å². The van der Waals surface area contributed by atoms with E-state index in [1.54, 1.807) is 58.2 Å². The molecule has 460 valence electrons. The summed E-state index contributed by atoms with van der Waals surface area (Å²) < 4.78 is 0. The number of likely N-dealkylation sites (tertiary alicyclic amines) is 1. The number of nitrogens with two attached hydrogens (primary N) is 1. The molecule has 28 nitrogen and oxygen atoms in total. The van der Waals surface area contributed by atoms with E-state index in [2.05, 4.69) is 62.8 Å². The molecule has 4 heterocycles. The van der Waals surface area contributed by atoms with Gasteiger partial charge in [-0.05, 0) is 86.1 Å². The Morgan fingerprint density at radius 2 is 1.28 bits per heavy atom. The molecule has 2 aliphatic heterocycles. The molecule has 2 aromatic carbocycles. The fourth-order valence-corrected chi connectivity index (χ4v) is 10.2. The molecule has 2 fully saturated rings. The van der Waals surface area contributed by atoms with E-state index < -0.39 is 114 Å². The number of nitrogens with zero attached hydrogens (tertiary/aromatic N) is 2. The SMILES string of the molecule is CC(C)C[C@H](NC(=O)[C@@H](CC(C)C)NC(=O)[C@H](Cc1ccc(O)cc1)NC(=O)[C@H](CO)NC(=O)[C@H](Cc1c[nH]c2ccccc12)NC(=O)[C@H](Cc1c[nH]cn1)NC(=O)[C@@H]1CCC(=O)N1)C(=O)N[C@@H](CCCNC(=N)N)C(=O)N1CCC[C@H]1C(=O)O. The van der Waals surface area contributed by atoms with Crippen LogP contribution in [0.2, 0.25) is 0 Å². The highest BCUT2D eigenvalue weighted by Crippen LogP contribution is 2.22. The highest BCUT2D eigenvalue weighted by Gasteiger charge is 2.40. The Bertz CT molecular complexity index is 3000. The van der Waals surface area contributed by atoms with Gasteiger partial charge in [-0.3, -0.25) is 48.6 Å². The van der Waals surface area contributed by atoms with E-state index in [-0.39, 0.29) is 107 Å². The van der Waals surface area contributed by atoms with Crippen LogP contribution in [0.3, 0.4) is 0 Å². The summed E-state index contributed by atoms with van der Waals surface area (Å²) in [5.41, 5.74) is 7.54. The molecule has 2 aromatic heterocycles. The lowest BCUT2D eigenvalue weighted by Crippen LogP contribution is -2.61. The van der Waals surface area contributed by atoms with Gasteiger partial charge in [0.2, 0.25) is 53.2 Å². The van der Waals surface area contributed by atoms with Gasteiger partial charge < -0.3 is 83.8 Å². The smallest absolute Gasteiger partial charge is 0.326 e. The lowest BCUT2D eigenvalue weighted by atomic mass is 9.98. The predicted molar refractivity (Wildman–Crippen MR) is 308 cm³/mol. The number of aromatic nitrogens is 3. The number of phenolic OH excluding ortho intramolecular Hbond substituents is 1. The number of aliphatic hydroxyl groups is 1. The second-order valence-electron chi connectivity index (χ2n) is 22.2. The number of nitrogens with one attached hydrogen (secondary N) is 12. The van der Waals surface area contributed by atoms with E-state index in [9.17, 15) is 63.3 Å². The second kappa shape index (κ2) is 31.0. The number of hydrogen-bond donors (Lipinski definition) is 16. The van der Waals surface area contributed by atoms with Crippen LogP contribution in [0.25, 0.3) is 10.9 Å². The molecule has 9 amide bonds. The summed E-state index contributed by atoms with van der Waals surface area (Å²) in [6.45, 7) is 6.49. The Kier molecular flexibility index (Phi) is 23.7. The minimum Gasteiger partial charge on any atom is -0.508 e. The number of aromatic amines is 2. The third-order valence-corrected chi connectivity index (χ3v) is 14.6. The van der Waals surface area contributed by atoms with Gasteiger partial charge in [0.25, 0.3) is 0 Å². The van der Waals surface area contributed by atoms with E-state index in [1.165, 1.54) is 41.7 Å². The van der Waals surface area contributed by atoms with Crippen LogP contribution in [0.1, 0.15) is 95.9 Å². The number of imidazole rings is 1. The number of carboxylic acid groups (broad SMARTS) is 1. The Morgan fingerprint density at radius 3 is 1.85 bits per heavy atom. The summed E-state index contributed by atoms with van der Waals surface area (Å²) in [6.07, 6.45) is 5.30. The van der Waals surface area contributed by atoms with Gasteiger partial charge in [0.05, 0.1) is 18.6 Å². The standard InChI is InChI=1S/C57H79N15O13/c1-30(2)21-40(49(77)65-39(11-7-19-61-57(58)59)55(83)72-20-8-12-46(72)56(84)85)66-50(78)41(22-31(3)4)67-51(79)42(23-32-13-15-35(74)16-14-32)68-54(82)45(28-73)71-52(80)43(24-33-26-62-37-10-6-5-9-36(33)37)69-53(81)44(25-34-27-60-29-63-34)70-48(76)38-17-18-47(75)64-38/h5-6,9-10,13-16,26-27,29-31,38-46,62,73-74H,7-8,11-12,17-25,28H2,1-4H3,(H,60,63)(H,64,75)(H,65,77)(H,66,78)(H,67,79)(H,68,82)(H,69,81)(H,70,76)(H,71,80)(H,84,85)(H4,58,59,61)/t38-,39-,40-,41+,42-,43-,44-,45-,46-/m0/s1. The highest BCUT2D eigenvalue weighted by molar-refractivity contribution is 5.99. The molecule has 0 aliphatic carbocycles. The van der Waals surface area contributed by atoms with Crippen molar-refractivity contribution < 1.29 is 63.3 Å². The van der Waals surface area contributed by atoms with E-state index in [1.807, 2.05) is 0 Å². The second-order valence-corrected chi connectivity index (χ2v) is 22.2. The summed E-state index contributed by atoms with van der Waals surface area (Å²) in [5.74, 6) is -8.93. The molecule has 85 heavy (non-hydrogen) atoms. The number of para-hydroxylation sites is 1. The van der Waals surface area contributed by atoms with Crippen molar-refractivity contribution in [3.05, 3.63) is 84.1 Å². The van der Waals surface area contributed by atoms with E-state index >= 15 is 0 Å². The molecule has 2 aliphatic rings. The molecular formula is C57H79N15O13. The molecule has 0 spiro atoms. The van der Waals surface area contributed by atoms with Crippen molar-refractivity contribution in [1.82, 2.24) is 67.7 Å². The number of aliphatic carboxylic acids is 1. The van der Waals surface area contributed by atoms with Crippen molar-refractivity contribution in [2.45, 2.75) is 153 Å². The average Bonchev–Trinajstić information content (AvgIpc) is 3.91. The van der Waals surface area contributed by atoms with Crippen molar-refractivity contribution in [1.29, 1.82) is 5.41 Å². The van der Waals surface area contributed by atoms with Gasteiger partial charge in [0.15, 0.2) is 5.96 Å². The molecule has 17 N–H and O–H groups in total. The summed E-state index contributed by atoms with van der Waals surface area (Å²) >= 11 is 0. The monoisotopic (exact) mass is 1180 g/mol. The lowest BCUT2D eigenvalue weighted by Gasteiger charge is -2.30. The number of carbonyl (C=O) groups is 10. The van der Waals surface area contributed by atoms with E-state index in [4.69, 9.17) is 11.1 Å². The molecule has 0 radical (unpaired) electrons. The van der Waals surface area contributed by atoms with Crippen molar-refractivity contribution >= 4 is 76.0 Å². The maximum Gasteiger partial charge on any atom is 0.326 e. The normalized spacial score (nSPS) is 17.3. The Labute approximate surface area is 490 Å². The minimum absolute atomic E-state index is 0.0194. The van der Waals surface area contributed by atoms with Gasteiger partial charge in [-0.25, -0.2) is 9.78 Å². The molecule has 6 rings (SSSR count). The quantitative estimate of drug-likeness (QED) is 0.0159. The third kappa shape index (κ3) is 19.2. The molecule has 0 saturated carbocycles. The van der Waals surface area contributed by atoms with Crippen molar-refractivity contribution in [2.24, 2.45) is 17.6 Å². The van der Waals surface area contributed by atoms with Crippen molar-refractivity contribution in [3.8, 4) is 5.75 Å². The fraction of sp³-hybridized carbons (Fsp3) is 0.509. The molecule has 0 unspecified atom stereocenters. The fourth-order valence-electron chi connectivity index (χ4n) is 10.2. The first-order chi connectivity index (χ1) is 40.5. The van der Waals surface area contributed by atoms with Gasteiger partial charge in [0.1, 0.15) is 60.1 Å². The molecule has 0 bridgehead atoms. The minimum atomic E-state index is -1.76. The summed E-state index contributed by atoms with van der Waals surface area (Å²) in [4.78, 5) is 149. The van der Waals surface area contributed by atoms with Crippen molar-refractivity contribution in [3.63, 3.8) is 0 Å². The Balaban J connectivity index is 1.22.